The topological polar surface area (TPSA) is 145 Å². The number of hydrogen-bond donors (Lipinski definition) is 3. The quantitative estimate of drug-likeness (QED) is 0.373. The molecule has 1 aliphatic rings. The van der Waals surface area contributed by atoms with Crippen molar-refractivity contribution in [2.24, 2.45) is 5.73 Å². The van der Waals surface area contributed by atoms with Crippen molar-refractivity contribution in [3.63, 3.8) is 0 Å². The number of β-lactam (4-membered cyclic amide) rings is 1. The molecule has 2 aromatic rings. The zero-order valence-electron chi connectivity index (χ0n) is 19.5. The molecule has 0 bridgehead atoms. The molecule has 1 aliphatic heterocycles. The summed E-state index contributed by atoms with van der Waals surface area (Å²) < 4.78 is 31.4. The number of esters is 1. The number of benzene rings is 2. The van der Waals surface area contributed by atoms with Gasteiger partial charge in [0.15, 0.2) is 6.04 Å². The van der Waals surface area contributed by atoms with E-state index in [2.05, 4.69) is 10.6 Å². The molecule has 3 atom stereocenters. The number of hydrogen-bond acceptors (Lipinski definition) is 7. The van der Waals surface area contributed by atoms with Crippen LogP contribution in [0.3, 0.4) is 0 Å². The summed E-state index contributed by atoms with van der Waals surface area (Å²) in [6.07, 6.45) is -0.201. The number of carbonyl (C=O) groups is 3. The van der Waals surface area contributed by atoms with Crippen LogP contribution >= 0.6 is 0 Å². The van der Waals surface area contributed by atoms with Gasteiger partial charge in [-0.05, 0) is 67.1 Å². The first-order valence-electron chi connectivity index (χ1n) is 10.9. The molecule has 0 spiro atoms. The molecule has 0 unspecified atom stereocenters. The summed E-state index contributed by atoms with van der Waals surface area (Å²) in [5.74, 6) is -1.65. The highest BCUT2D eigenvalue weighted by Crippen LogP contribution is 2.28. The van der Waals surface area contributed by atoms with Crippen molar-refractivity contribution in [1.29, 1.82) is 0 Å². The third kappa shape index (κ3) is 5.13. The van der Waals surface area contributed by atoms with Crippen molar-refractivity contribution in [2.75, 3.05) is 0 Å². The predicted octanol–water partition coefficient (Wildman–Crippen LogP) is 1.07. The van der Waals surface area contributed by atoms with Gasteiger partial charge >= 0.3 is 5.97 Å². The average Bonchev–Trinajstić information content (AvgIpc) is 2.78. The summed E-state index contributed by atoms with van der Waals surface area (Å²) in [6, 6.07) is 7.70. The van der Waals surface area contributed by atoms with Gasteiger partial charge in [-0.3, -0.25) is 14.4 Å². The summed E-state index contributed by atoms with van der Waals surface area (Å²) in [6.45, 7) is 7.00. The number of sulfone groups is 1. The van der Waals surface area contributed by atoms with Crippen molar-refractivity contribution in [3.8, 4) is 0 Å². The molecule has 2 aromatic carbocycles. The fraction of sp³-hybridized carbons (Fsp3) is 0.375. The fourth-order valence-electron chi connectivity index (χ4n) is 3.85. The molecule has 9 nitrogen and oxygen atoms in total. The number of aryl methyl sites for hydroxylation is 1. The number of nitrogens with two attached hydrogens (primary N) is 1. The zero-order valence-corrected chi connectivity index (χ0v) is 20.4. The number of nitrogens with one attached hydrogen (secondary N) is 2. The number of carbonyl (C=O) groups excluding carboxylic acids is 3. The van der Waals surface area contributed by atoms with Gasteiger partial charge in [-0.2, -0.15) is 0 Å². The molecule has 2 amide bonds. The van der Waals surface area contributed by atoms with Gasteiger partial charge in [0.25, 0.3) is 5.91 Å². The van der Waals surface area contributed by atoms with Crippen LogP contribution in [0.15, 0.2) is 46.2 Å². The summed E-state index contributed by atoms with van der Waals surface area (Å²) in [5, 5.41) is 4.84. The Balaban J connectivity index is 1.70. The average molecular weight is 488 g/mol. The lowest BCUT2D eigenvalue weighted by atomic mass is 10.0. The van der Waals surface area contributed by atoms with Crippen LogP contribution in [-0.4, -0.2) is 44.5 Å². The second kappa shape index (κ2) is 9.94. The van der Waals surface area contributed by atoms with E-state index in [0.717, 1.165) is 16.7 Å². The van der Waals surface area contributed by atoms with Crippen LogP contribution in [0.5, 0.6) is 0 Å². The molecule has 4 N–H and O–H groups in total. The lowest BCUT2D eigenvalue weighted by Crippen LogP contribution is -2.71. The largest absolute Gasteiger partial charge is 0.439 e. The van der Waals surface area contributed by atoms with E-state index in [-0.39, 0.29) is 11.3 Å². The van der Waals surface area contributed by atoms with Gasteiger partial charge in [-0.25, -0.2) is 8.42 Å². The van der Waals surface area contributed by atoms with Gasteiger partial charge in [0.1, 0.15) is 0 Å². The molecular formula is C24H29N3O6S. The van der Waals surface area contributed by atoms with Gasteiger partial charge < -0.3 is 21.1 Å². The molecule has 3 rings (SSSR count). The minimum absolute atomic E-state index is 0.128. The summed E-state index contributed by atoms with van der Waals surface area (Å²) in [7, 11) is -3.71. The highest BCUT2D eigenvalue weighted by atomic mass is 32.2. The maximum atomic E-state index is 13.3. The standard InChI is InChI=1S/C24H29N3O6S/c1-5-18-14(3)13(2)6-11-20(18)34(31,32)17-9-7-16(8-10-17)12-19(25)22(29)26-21-23(30)27-24(21)33-15(4)28/h6-11,19,21,24H,5,12,25H2,1-4H3,(H,26,29)(H,27,30)/t19-,21+,24-/m0/s1. The van der Waals surface area contributed by atoms with Crippen LogP contribution < -0.4 is 16.4 Å². The van der Waals surface area contributed by atoms with E-state index in [1.807, 2.05) is 26.8 Å². The Hall–Kier alpha value is -3.24. The van der Waals surface area contributed by atoms with E-state index in [0.29, 0.717) is 16.9 Å². The van der Waals surface area contributed by atoms with Gasteiger partial charge in [-0.1, -0.05) is 25.1 Å². The summed E-state index contributed by atoms with van der Waals surface area (Å²) in [4.78, 5) is 35.6. The van der Waals surface area contributed by atoms with Crippen LogP contribution in [0.25, 0.3) is 0 Å². The van der Waals surface area contributed by atoms with E-state index >= 15 is 0 Å². The lowest BCUT2D eigenvalue weighted by Gasteiger charge is -2.36. The van der Waals surface area contributed by atoms with Crippen LogP contribution in [0.2, 0.25) is 0 Å². The van der Waals surface area contributed by atoms with E-state index in [1.54, 1.807) is 18.2 Å². The first-order chi connectivity index (χ1) is 15.9. The van der Waals surface area contributed by atoms with Crippen LogP contribution in [0, 0.1) is 13.8 Å². The van der Waals surface area contributed by atoms with Crippen LogP contribution in [0.4, 0.5) is 0 Å². The van der Waals surface area contributed by atoms with Crippen LogP contribution in [0.1, 0.15) is 36.1 Å². The van der Waals surface area contributed by atoms with Crippen molar-refractivity contribution >= 4 is 27.6 Å². The van der Waals surface area contributed by atoms with Crippen LogP contribution in [-0.2, 0) is 41.8 Å². The zero-order chi connectivity index (χ0) is 25.2. The molecule has 182 valence electrons. The molecular weight excluding hydrogens is 458 g/mol. The Morgan fingerprint density at radius 3 is 2.35 bits per heavy atom. The summed E-state index contributed by atoms with van der Waals surface area (Å²) >= 11 is 0. The molecule has 0 saturated carbocycles. The smallest absolute Gasteiger partial charge is 0.304 e. The Kier molecular flexibility index (Phi) is 7.42. The third-order valence-electron chi connectivity index (χ3n) is 5.96. The first kappa shape index (κ1) is 25.4. The predicted molar refractivity (Wildman–Crippen MR) is 124 cm³/mol. The minimum atomic E-state index is -3.71. The molecule has 34 heavy (non-hydrogen) atoms. The number of rotatable bonds is 8. The molecule has 0 aliphatic carbocycles. The molecule has 10 heteroatoms. The molecule has 0 radical (unpaired) electrons. The second-order valence-electron chi connectivity index (χ2n) is 8.32. The summed E-state index contributed by atoms with van der Waals surface area (Å²) in [5.41, 5.74) is 9.45. The highest BCUT2D eigenvalue weighted by Gasteiger charge is 2.43. The van der Waals surface area contributed by atoms with E-state index < -0.39 is 45.9 Å². The normalized spacial score (nSPS) is 18.4. The Labute approximate surface area is 199 Å². The third-order valence-corrected chi connectivity index (χ3v) is 7.81. The van der Waals surface area contributed by atoms with Gasteiger partial charge in [0, 0.05) is 6.92 Å². The molecule has 0 aromatic heterocycles. The van der Waals surface area contributed by atoms with Crippen molar-refractivity contribution < 1.29 is 27.5 Å². The Morgan fingerprint density at radius 1 is 1.15 bits per heavy atom. The van der Waals surface area contributed by atoms with Gasteiger partial charge in [0.2, 0.25) is 22.0 Å². The van der Waals surface area contributed by atoms with Gasteiger partial charge in [0.05, 0.1) is 15.8 Å². The van der Waals surface area contributed by atoms with E-state index in [9.17, 15) is 22.8 Å². The maximum Gasteiger partial charge on any atom is 0.304 e. The highest BCUT2D eigenvalue weighted by molar-refractivity contribution is 7.91. The lowest BCUT2D eigenvalue weighted by molar-refractivity contribution is -0.164. The minimum Gasteiger partial charge on any atom is -0.439 e. The van der Waals surface area contributed by atoms with Crippen molar-refractivity contribution in [2.45, 2.75) is 68.6 Å². The van der Waals surface area contributed by atoms with E-state index in [4.69, 9.17) is 10.5 Å². The first-order valence-corrected chi connectivity index (χ1v) is 12.4. The molecule has 1 heterocycles. The second-order valence-corrected chi connectivity index (χ2v) is 10.2. The SMILES string of the molecule is CCc1c(S(=O)(=O)c2ccc(C[C@H](N)C(=O)N[C@@H]3C(=O)N[C@H]3OC(C)=O)cc2)ccc(C)c1C. The van der Waals surface area contributed by atoms with Crippen molar-refractivity contribution in [1.82, 2.24) is 10.6 Å². The molecule has 1 saturated heterocycles. The van der Waals surface area contributed by atoms with Crippen molar-refractivity contribution in [3.05, 3.63) is 58.7 Å². The number of amides is 2. The maximum absolute atomic E-state index is 13.3. The Morgan fingerprint density at radius 2 is 1.79 bits per heavy atom. The fourth-order valence-corrected chi connectivity index (χ4v) is 5.47. The number of ether oxygens (including phenoxy) is 1. The monoisotopic (exact) mass is 487 g/mol. The van der Waals surface area contributed by atoms with E-state index in [1.165, 1.54) is 19.1 Å². The molecule has 1 fully saturated rings. The van der Waals surface area contributed by atoms with Gasteiger partial charge in [-0.15, -0.1) is 0 Å². The Bertz CT molecular complexity index is 1220.